The molecule has 0 heterocycles. The van der Waals surface area contributed by atoms with Crippen LogP contribution in [0.5, 0.6) is 0 Å². The summed E-state index contributed by atoms with van der Waals surface area (Å²) in [6, 6.07) is 0. The summed E-state index contributed by atoms with van der Waals surface area (Å²) >= 11 is 0. The Kier molecular flexibility index (Phi) is 3.20. The molecular formula is C12H24. The van der Waals surface area contributed by atoms with Crippen LogP contribution in [0, 0.1) is 17.3 Å². The second-order valence-corrected chi connectivity index (χ2v) is 4.93. The van der Waals surface area contributed by atoms with Crippen molar-refractivity contribution in [2.24, 2.45) is 17.3 Å². The number of unbranched alkanes of at least 4 members (excludes halogenated alkanes) is 1. The van der Waals surface area contributed by atoms with Crippen LogP contribution in [0.15, 0.2) is 0 Å². The van der Waals surface area contributed by atoms with Gasteiger partial charge in [-0.25, -0.2) is 0 Å². The summed E-state index contributed by atoms with van der Waals surface area (Å²) in [5.41, 5.74) is 0.676. The zero-order valence-corrected chi connectivity index (χ0v) is 9.19. The fourth-order valence-electron chi connectivity index (χ4n) is 2.50. The summed E-state index contributed by atoms with van der Waals surface area (Å²) in [6.45, 7) is 9.56. The van der Waals surface area contributed by atoms with Gasteiger partial charge in [0.05, 0.1) is 0 Å². The smallest absolute Gasteiger partial charge is 0.0298 e. The largest absolute Gasteiger partial charge is 0.0654 e. The fraction of sp³-hybridized carbons (Fsp3) is 1.00. The third-order valence-electron chi connectivity index (χ3n) is 3.91. The molecule has 0 aliphatic heterocycles. The molecule has 1 aliphatic rings. The van der Waals surface area contributed by atoms with E-state index in [9.17, 15) is 0 Å². The third-order valence-corrected chi connectivity index (χ3v) is 3.91. The van der Waals surface area contributed by atoms with Gasteiger partial charge in [-0.05, 0) is 30.1 Å². The number of hydrogen-bond donors (Lipinski definition) is 0. The van der Waals surface area contributed by atoms with Gasteiger partial charge in [0.25, 0.3) is 0 Å². The molecule has 3 unspecified atom stereocenters. The summed E-state index contributed by atoms with van der Waals surface area (Å²) in [7, 11) is 0. The van der Waals surface area contributed by atoms with Crippen molar-refractivity contribution in [1.82, 2.24) is 0 Å². The van der Waals surface area contributed by atoms with E-state index in [1.807, 2.05) is 0 Å². The van der Waals surface area contributed by atoms with Crippen molar-refractivity contribution in [3.63, 3.8) is 0 Å². The van der Waals surface area contributed by atoms with Crippen molar-refractivity contribution in [1.29, 1.82) is 0 Å². The normalized spacial score (nSPS) is 33.0. The van der Waals surface area contributed by atoms with E-state index in [1.54, 1.807) is 0 Å². The monoisotopic (exact) mass is 168 g/mol. The van der Waals surface area contributed by atoms with E-state index in [4.69, 9.17) is 0 Å². The van der Waals surface area contributed by atoms with Gasteiger partial charge in [-0.3, -0.25) is 0 Å². The van der Waals surface area contributed by atoms with Crippen LogP contribution in [0.1, 0.15) is 59.8 Å². The average molecular weight is 168 g/mol. The summed E-state index contributed by atoms with van der Waals surface area (Å²) in [6.07, 6.45) is 7.11. The quantitative estimate of drug-likeness (QED) is 0.575. The van der Waals surface area contributed by atoms with Crippen LogP contribution in [0.2, 0.25) is 0 Å². The molecule has 0 heteroatoms. The van der Waals surface area contributed by atoms with E-state index in [1.165, 1.54) is 32.1 Å². The van der Waals surface area contributed by atoms with Gasteiger partial charge >= 0.3 is 0 Å². The molecule has 0 spiro atoms. The lowest BCUT2D eigenvalue weighted by Crippen LogP contribution is -2.18. The van der Waals surface area contributed by atoms with Crippen LogP contribution in [0.3, 0.4) is 0 Å². The van der Waals surface area contributed by atoms with Crippen molar-refractivity contribution in [3.05, 3.63) is 0 Å². The molecule has 72 valence electrons. The lowest BCUT2D eigenvalue weighted by molar-refractivity contribution is 0.220. The molecule has 0 radical (unpaired) electrons. The summed E-state index contributed by atoms with van der Waals surface area (Å²) in [4.78, 5) is 0. The molecule has 0 aromatic heterocycles. The SMILES string of the molecule is CCCCC(C)(CC)C1CC1C. The second-order valence-electron chi connectivity index (χ2n) is 4.93. The van der Waals surface area contributed by atoms with Gasteiger partial charge in [0, 0.05) is 0 Å². The first-order chi connectivity index (χ1) is 5.64. The minimum Gasteiger partial charge on any atom is -0.0654 e. The maximum atomic E-state index is 2.50. The van der Waals surface area contributed by atoms with Gasteiger partial charge in [-0.1, -0.05) is 47.0 Å². The van der Waals surface area contributed by atoms with Crippen molar-refractivity contribution < 1.29 is 0 Å². The summed E-state index contributed by atoms with van der Waals surface area (Å²) in [5.74, 6) is 2.07. The molecule has 0 saturated heterocycles. The van der Waals surface area contributed by atoms with Gasteiger partial charge in [0.1, 0.15) is 0 Å². The van der Waals surface area contributed by atoms with Crippen LogP contribution in [0.25, 0.3) is 0 Å². The number of rotatable bonds is 5. The average Bonchev–Trinajstić information content (AvgIpc) is 2.79. The maximum Gasteiger partial charge on any atom is -0.0298 e. The Morgan fingerprint density at radius 3 is 2.25 bits per heavy atom. The van der Waals surface area contributed by atoms with E-state index < -0.39 is 0 Å². The second kappa shape index (κ2) is 3.81. The van der Waals surface area contributed by atoms with E-state index in [0.717, 1.165) is 11.8 Å². The standard InChI is InChI=1S/C12H24/c1-5-7-8-12(4,6-2)11-9-10(11)3/h10-11H,5-9H2,1-4H3. The van der Waals surface area contributed by atoms with Crippen LogP contribution < -0.4 is 0 Å². The van der Waals surface area contributed by atoms with Crippen LogP contribution >= 0.6 is 0 Å². The van der Waals surface area contributed by atoms with Gasteiger partial charge in [0.15, 0.2) is 0 Å². The van der Waals surface area contributed by atoms with Crippen molar-refractivity contribution in [2.45, 2.75) is 59.8 Å². The van der Waals surface area contributed by atoms with Crippen molar-refractivity contribution in [2.75, 3.05) is 0 Å². The Labute approximate surface area is 77.7 Å². The topological polar surface area (TPSA) is 0 Å². The Balaban J connectivity index is 2.39. The Bertz CT molecular complexity index is 139. The molecule has 3 atom stereocenters. The first-order valence-corrected chi connectivity index (χ1v) is 5.64. The van der Waals surface area contributed by atoms with Crippen molar-refractivity contribution in [3.8, 4) is 0 Å². The van der Waals surface area contributed by atoms with E-state index in [2.05, 4.69) is 27.7 Å². The Morgan fingerprint density at radius 2 is 1.92 bits per heavy atom. The van der Waals surface area contributed by atoms with Gasteiger partial charge in [0.2, 0.25) is 0 Å². The molecule has 0 nitrogen and oxygen atoms in total. The predicted molar refractivity (Wildman–Crippen MR) is 55.2 cm³/mol. The molecule has 0 amide bonds. The molecule has 0 bridgehead atoms. The molecule has 1 saturated carbocycles. The zero-order valence-electron chi connectivity index (χ0n) is 9.19. The highest BCUT2D eigenvalue weighted by Crippen LogP contribution is 2.54. The third kappa shape index (κ3) is 2.02. The van der Waals surface area contributed by atoms with Crippen LogP contribution in [0.4, 0.5) is 0 Å². The highest BCUT2D eigenvalue weighted by atomic mass is 14.5. The summed E-state index contributed by atoms with van der Waals surface area (Å²) < 4.78 is 0. The van der Waals surface area contributed by atoms with E-state index in [-0.39, 0.29) is 0 Å². The Hall–Kier alpha value is 0. The van der Waals surface area contributed by atoms with Gasteiger partial charge in [-0.15, -0.1) is 0 Å². The molecule has 0 aromatic carbocycles. The molecule has 0 N–H and O–H groups in total. The maximum absolute atomic E-state index is 2.50. The first-order valence-electron chi connectivity index (χ1n) is 5.64. The Morgan fingerprint density at radius 1 is 1.33 bits per heavy atom. The zero-order chi connectivity index (χ0) is 9.19. The fourth-order valence-corrected chi connectivity index (χ4v) is 2.50. The van der Waals surface area contributed by atoms with Crippen LogP contribution in [-0.2, 0) is 0 Å². The molecule has 1 fully saturated rings. The lowest BCUT2D eigenvalue weighted by atomic mass is 9.77. The molecule has 12 heavy (non-hydrogen) atoms. The lowest BCUT2D eigenvalue weighted by Gasteiger charge is -2.28. The summed E-state index contributed by atoms with van der Waals surface area (Å²) in [5, 5.41) is 0. The number of hydrogen-bond acceptors (Lipinski definition) is 0. The highest BCUT2D eigenvalue weighted by molar-refractivity contribution is 4.95. The van der Waals surface area contributed by atoms with Gasteiger partial charge in [-0.2, -0.15) is 0 Å². The first kappa shape index (κ1) is 10.1. The van der Waals surface area contributed by atoms with E-state index >= 15 is 0 Å². The minimum atomic E-state index is 0.676. The van der Waals surface area contributed by atoms with Crippen LogP contribution in [-0.4, -0.2) is 0 Å². The van der Waals surface area contributed by atoms with Gasteiger partial charge < -0.3 is 0 Å². The predicted octanol–water partition coefficient (Wildman–Crippen LogP) is 4.25. The van der Waals surface area contributed by atoms with E-state index in [0.29, 0.717) is 5.41 Å². The molecular weight excluding hydrogens is 144 g/mol. The minimum absolute atomic E-state index is 0.676. The molecule has 1 rings (SSSR count). The molecule has 1 aliphatic carbocycles. The molecule has 0 aromatic rings. The highest BCUT2D eigenvalue weighted by Gasteiger charge is 2.45. The van der Waals surface area contributed by atoms with Crippen molar-refractivity contribution >= 4 is 0 Å².